The van der Waals surface area contributed by atoms with E-state index in [0.29, 0.717) is 24.4 Å². The quantitative estimate of drug-likeness (QED) is 0.821. The lowest BCUT2D eigenvalue weighted by molar-refractivity contribution is 0.201. The van der Waals surface area contributed by atoms with Crippen LogP contribution in [0.2, 0.25) is 0 Å². The molecule has 2 N–H and O–H groups in total. The summed E-state index contributed by atoms with van der Waals surface area (Å²) in [6.45, 7) is 3.66. The molecule has 1 atom stereocenters. The van der Waals surface area contributed by atoms with Crippen LogP contribution >= 0.6 is 0 Å². The number of nitrogens with zero attached hydrogens (tertiary/aromatic N) is 2. The number of hydrogen-bond donors (Lipinski definition) is 1. The molecular weight excluding hydrogens is 254 g/mol. The van der Waals surface area contributed by atoms with E-state index in [1.807, 2.05) is 18.2 Å². The van der Waals surface area contributed by atoms with Gasteiger partial charge in [-0.25, -0.2) is 0 Å². The van der Waals surface area contributed by atoms with Crippen LogP contribution in [0.5, 0.6) is 0 Å². The Morgan fingerprint density at radius 3 is 2.95 bits per heavy atom. The highest BCUT2D eigenvalue weighted by Crippen LogP contribution is 2.37. The van der Waals surface area contributed by atoms with Gasteiger partial charge < -0.3 is 19.8 Å². The third-order valence-electron chi connectivity index (χ3n) is 4.02. The van der Waals surface area contributed by atoms with Crippen LogP contribution in [-0.2, 0) is 4.74 Å². The Bertz CT molecular complexity index is 592. The number of nitrogens with two attached hydrogens (primary N) is 1. The third kappa shape index (κ3) is 2.45. The van der Waals surface area contributed by atoms with Gasteiger partial charge in [-0.05, 0) is 37.8 Å². The fourth-order valence-electron chi connectivity index (χ4n) is 2.58. The summed E-state index contributed by atoms with van der Waals surface area (Å²) in [5.74, 6) is 0.735. The lowest BCUT2D eigenvalue weighted by atomic mass is 10.2. The average molecular weight is 275 g/mol. The van der Waals surface area contributed by atoms with E-state index in [9.17, 15) is 0 Å². The smallest absolute Gasteiger partial charge is 0.298 e. The van der Waals surface area contributed by atoms with Gasteiger partial charge in [0.15, 0.2) is 5.58 Å². The van der Waals surface area contributed by atoms with Crippen LogP contribution in [0, 0.1) is 5.92 Å². The van der Waals surface area contributed by atoms with Crippen LogP contribution < -0.4 is 10.6 Å². The van der Waals surface area contributed by atoms with Crippen molar-refractivity contribution >= 4 is 22.8 Å². The molecule has 0 bridgehead atoms. The number of oxazole rings is 1. The summed E-state index contributed by atoms with van der Waals surface area (Å²) in [6.07, 6.45) is 2.57. The van der Waals surface area contributed by atoms with Gasteiger partial charge in [0.1, 0.15) is 5.52 Å². The number of hydrogen-bond acceptors (Lipinski definition) is 5. The molecular formula is C15H21N3O2. The maximum Gasteiger partial charge on any atom is 0.298 e. The van der Waals surface area contributed by atoms with Crippen LogP contribution in [0.25, 0.3) is 11.1 Å². The first kappa shape index (κ1) is 13.2. The van der Waals surface area contributed by atoms with Gasteiger partial charge in [-0.2, -0.15) is 4.98 Å². The molecule has 108 valence electrons. The van der Waals surface area contributed by atoms with Crippen molar-refractivity contribution < 1.29 is 9.15 Å². The summed E-state index contributed by atoms with van der Waals surface area (Å²) in [7, 11) is 1.71. The van der Waals surface area contributed by atoms with Crippen molar-refractivity contribution in [3.8, 4) is 0 Å². The number of para-hydroxylation sites is 1. The van der Waals surface area contributed by atoms with Gasteiger partial charge in [0.05, 0.1) is 12.3 Å². The van der Waals surface area contributed by atoms with Gasteiger partial charge in [-0.1, -0.05) is 6.07 Å². The highest BCUT2D eigenvalue weighted by Gasteiger charge is 2.34. The zero-order valence-electron chi connectivity index (χ0n) is 12.0. The molecule has 1 aromatic heterocycles. The van der Waals surface area contributed by atoms with Gasteiger partial charge in [0.2, 0.25) is 0 Å². The van der Waals surface area contributed by atoms with Crippen molar-refractivity contribution in [3.63, 3.8) is 0 Å². The minimum atomic E-state index is 0.416. The zero-order valence-corrected chi connectivity index (χ0v) is 12.0. The molecule has 5 nitrogen and oxygen atoms in total. The third-order valence-corrected chi connectivity index (χ3v) is 4.02. The van der Waals surface area contributed by atoms with E-state index in [1.165, 1.54) is 12.8 Å². The van der Waals surface area contributed by atoms with Crippen LogP contribution in [0.4, 0.5) is 11.7 Å². The van der Waals surface area contributed by atoms with E-state index in [1.54, 1.807) is 7.11 Å². The number of ether oxygens (including phenoxy) is 1. The van der Waals surface area contributed by atoms with Gasteiger partial charge in [0, 0.05) is 19.7 Å². The summed E-state index contributed by atoms with van der Waals surface area (Å²) >= 11 is 0. The molecule has 1 unspecified atom stereocenters. The van der Waals surface area contributed by atoms with Gasteiger partial charge in [-0.3, -0.25) is 0 Å². The summed E-state index contributed by atoms with van der Waals surface area (Å²) in [5, 5.41) is 0. The fraction of sp³-hybridized carbons (Fsp3) is 0.533. The number of benzene rings is 1. The maximum absolute atomic E-state index is 5.95. The first-order chi connectivity index (χ1) is 9.70. The summed E-state index contributed by atoms with van der Waals surface area (Å²) in [6, 6.07) is 6.70. The molecule has 1 aliphatic rings. The Balaban J connectivity index is 1.92. The number of nitrogen functional groups attached to an aromatic ring is 1. The van der Waals surface area contributed by atoms with Gasteiger partial charge in [-0.15, -0.1) is 0 Å². The second-order valence-electron chi connectivity index (χ2n) is 5.45. The van der Waals surface area contributed by atoms with Crippen molar-refractivity contribution in [2.45, 2.75) is 25.8 Å². The Hall–Kier alpha value is -1.75. The van der Waals surface area contributed by atoms with E-state index in [2.05, 4.69) is 16.8 Å². The number of aromatic nitrogens is 1. The molecule has 1 saturated carbocycles. The molecule has 20 heavy (non-hydrogen) atoms. The van der Waals surface area contributed by atoms with Gasteiger partial charge >= 0.3 is 0 Å². The number of fused-ring (bicyclic) bond motifs is 1. The van der Waals surface area contributed by atoms with E-state index >= 15 is 0 Å². The molecule has 3 rings (SSSR count). The van der Waals surface area contributed by atoms with E-state index in [-0.39, 0.29) is 0 Å². The van der Waals surface area contributed by atoms with Crippen LogP contribution in [0.3, 0.4) is 0 Å². The summed E-state index contributed by atoms with van der Waals surface area (Å²) < 4.78 is 11.1. The molecule has 1 heterocycles. The first-order valence-corrected chi connectivity index (χ1v) is 7.11. The largest absolute Gasteiger partial charge is 0.423 e. The minimum absolute atomic E-state index is 0.416. The molecule has 0 amide bonds. The molecule has 0 aliphatic heterocycles. The Morgan fingerprint density at radius 2 is 2.30 bits per heavy atom. The van der Waals surface area contributed by atoms with Crippen LogP contribution in [0.15, 0.2) is 22.6 Å². The van der Waals surface area contributed by atoms with Crippen LogP contribution in [-0.4, -0.2) is 31.3 Å². The molecule has 1 aromatic carbocycles. The van der Waals surface area contributed by atoms with Crippen molar-refractivity contribution in [1.82, 2.24) is 4.98 Å². The Labute approximate surface area is 118 Å². The number of rotatable bonds is 6. The van der Waals surface area contributed by atoms with Crippen molar-refractivity contribution in [2.24, 2.45) is 5.92 Å². The normalized spacial score (nSPS) is 16.5. The topological polar surface area (TPSA) is 64.5 Å². The number of anilines is 2. The second kappa shape index (κ2) is 5.32. The van der Waals surface area contributed by atoms with E-state index < -0.39 is 0 Å². The molecule has 5 heteroatoms. The van der Waals surface area contributed by atoms with Gasteiger partial charge in [0.25, 0.3) is 6.01 Å². The summed E-state index contributed by atoms with van der Waals surface area (Å²) in [4.78, 5) is 6.77. The van der Waals surface area contributed by atoms with Crippen LogP contribution in [0.1, 0.15) is 19.8 Å². The molecule has 0 saturated heterocycles. The highest BCUT2D eigenvalue weighted by molar-refractivity contribution is 5.86. The van der Waals surface area contributed by atoms with Crippen molar-refractivity contribution in [2.75, 3.05) is 30.9 Å². The average Bonchev–Trinajstić information content (AvgIpc) is 3.20. The lowest BCUT2D eigenvalue weighted by Gasteiger charge is -2.27. The second-order valence-corrected chi connectivity index (χ2v) is 5.45. The predicted molar refractivity (Wildman–Crippen MR) is 79.8 cm³/mol. The monoisotopic (exact) mass is 275 g/mol. The first-order valence-electron chi connectivity index (χ1n) is 7.11. The Kier molecular flexibility index (Phi) is 3.53. The fourth-order valence-corrected chi connectivity index (χ4v) is 2.58. The summed E-state index contributed by atoms with van der Waals surface area (Å²) in [5.41, 5.74) is 8.09. The maximum atomic E-state index is 5.95. The molecule has 1 aliphatic carbocycles. The molecule has 0 spiro atoms. The SMILES string of the molecule is COCCN(c1nc2c(N)cccc2o1)C(C)C1CC1. The lowest BCUT2D eigenvalue weighted by Crippen LogP contribution is -2.37. The predicted octanol–water partition coefficient (Wildman–Crippen LogP) is 2.66. The number of methoxy groups -OCH3 is 1. The van der Waals surface area contributed by atoms with Crippen molar-refractivity contribution in [1.29, 1.82) is 0 Å². The molecule has 2 aromatic rings. The minimum Gasteiger partial charge on any atom is -0.423 e. The highest BCUT2D eigenvalue weighted by atomic mass is 16.5. The van der Waals surface area contributed by atoms with Crippen molar-refractivity contribution in [3.05, 3.63) is 18.2 Å². The standard InChI is InChI=1S/C15H21N3O2/c1-10(11-6-7-11)18(8-9-19-2)15-17-14-12(16)4-3-5-13(14)20-15/h3-5,10-11H,6-9,16H2,1-2H3. The molecule has 1 fully saturated rings. The molecule has 0 radical (unpaired) electrons. The van der Waals surface area contributed by atoms with E-state index in [4.69, 9.17) is 14.9 Å². The zero-order chi connectivity index (χ0) is 14.1. The Morgan fingerprint density at radius 1 is 1.50 bits per heavy atom. The van der Waals surface area contributed by atoms with E-state index in [0.717, 1.165) is 23.6 Å².